The van der Waals surface area contributed by atoms with Gasteiger partial charge >= 0.3 is 5.97 Å². The summed E-state index contributed by atoms with van der Waals surface area (Å²) in [6.45, 7) is 0. The molecule has 0 saturated heterocycles. The molecule has 1 saturated carbocycles. The average Bonchev–Trinajstić information content (AvgIpc) is 3.04. The van der Waals surface area contributed by atoms with Crippen LogP contribution in [0, 0.1) is 0 Å². The number of carbonyl (C=O) groups is 1. The Balaban J connectivity index is 2.28. The summed E-state index contributed by atoms with van der Waals surface area (Å²) in [5.41, 5.74) is 0.685. The van der Waals surface area contributed by atoms with Crippen LogP contribution >= 0.6 is 15.9 Å². The van der Waals surface area contributed by atoms with Gasteiger partial charge in [-0.25, -0.2) is 0 Å². The first kappa shape index (κ1) is 12.2. The van der Waals surface area contributed by atoms with Crippen molar-refractivity contribution in [2.24, 2.45) is 0 Å². The number of ether oxygens (including phenoxy) is 2. The van der Waals surface area contributed by atoms with E-state index in [-0.39, 0.29) is 12.5 Å². The zero-order chi connectivity index (χ0) is 12.4. The van der Waals surface area contributed by atoms with Gasteiger partial charge in [-0.2, -0.15) is 0 Å². The van der Waals surface area contributed by atoms with Crippen LogP contribution in [0.5, 0.6) is 11.5 Å². The Hall–Kier alpha value is -1.23. The van der Waals surface area contributed by atoms with Gasteiger partial charge in [0.15, 0.2) is 11.5 Å². The Kier molecular flexibility index (Phi) is 3.57. The predicted molar refractivity (Wildman–Crippen MR) is 65.7 cm³/mol. The molecule has 1 aliphatic rings. The maximum Gasteiger partial charge on any atom is 0.307 e. The Bertz CT molecular complexity index is 440. The summed E-state index contributed by atoms with van der Waals surface area (Å²) in [7, 11) is 1.55. The minimum Gasteiger partial charge on any atom is -0.493 e. The normalized spacial score (nSPS) is 14.5. The molecule has 0 spiro atoms. The molecule has 1 aliphatic carbocycles. The molecule has 92 valence electrons. The molecule has 2 rings (SSSR count). The van der Waals surface area contributed by atoms with Gasteiger partial charge in [0, 0.05) is 0 Å². The molecule has 0 radical (unpaired) electrons. The second-order valence-electron chi connectivity index (χ2n) is 4.00. The first-order valence-corrected chi connectivity index (χ1v) is 6.14. The van der Waals surface area contributed by atoms with E-state index in [1.54, 1.807) is 19.2 Å². The molecular formula is C12H13BrO4. The van der Waals surface area contributed by atoms with Crippen LogP contribution in [0.2, 0.25) is 0 Å². The highest BCUT2D eigenvalue weighted by Crippen LogP contribution is 2.40. The number of carboxylic acid groups (broad SMARTS) is 1. The lowest BCUT2D eigenvalue weighted by Crippen LogP contribution is -2.03. The van der Waals surface area contributed by atoms with E-state index < -0.39 is 5.97 Å². The lowest BCUT2D eigenvalue weighted by atomic mass is 10.1. The fourth-order valence-corrected chi connectivity index (χ4v) is 2.10. The summed E-state index contributed by atoms with van der Waals surface area (Å²) in [5.74, 6) is 0.362. The maximum absolute atomic E-state index is 10.7. The Morgan fingerprint density at radius 1 is 1.53 bits per heavy atom. The molecule has 0 atom stereocenters. The van der Waals surface area contributed by atoms with Crippen LogP contribution in [0.15, 0.2) is 16.6 Å². The van der Waals surface area contributed by atoms with Gasteiger partial charge in [0.1, 0.15) is 0 Å². The molecule has 0 heterocycles. The van der Waals surface area contributed by atoms with Gasteiger partial charge < -0.3 is 14.6 Å². The second-order valence-corrected chi connectivity index (χ2v) is 4.85. The summed E-state index contributed by atoms with van der Waals surface area (Å²) in [5, 5.41) is 8.76. The molecule has 1 aromatic carbocycles. The van der Waals surface area contributed by atoms with Crippen LogP contribution in [0.3, 0.4) is 0 Å². The third kappa shape index (κ3) is 3.12. The highest BCUT2D eigenvalue weighted by atomic mass is 79.9. The van der Waals surface area contributed by atoms with E-state index in [4.69, 9.17) is 14.6 Å². The zero-order valence-corrected chi connectivity index (χ0v) is 11.0. The van der Waals surface area contributed by atoms with E-state index in [1.165, 1.54) is 0 Å². The third-order valence-electron chi connectivity index (χ3n) is 2.45. The lowest BCUT2D eigenvalue weighted by Gasteiger charge is -2.13. The van der Waals surface area contributed by atoms with Gasteiger partial charge in [-0.05, 0) is 46.5 Å². The largest absolute Gasteiger partial charge is 0.493 e. The van der Waals surface area contributed by atoms with E-state index in [1.807, 2.05) is 0 Å². The van der Waals surface area contributed by atoms with Crippen LogP contribution in [0.1, 0.15) is 18.4 Å². The van der Waals surface area contributed by atoms with Crippen LogP contribution in [0.25, 0.3) is 0 Å². The number of aliphatic carboxylic acids is 1. The highest BCUT2D eigenvalue weighted by Gasteiger charge is 2.26. The topological polar surface area (TPSA) is 55.8 Å². The molecule has 0 bridgehead atoms. The SMILES string of the molecule is COc1cc(CC(=O)O)cc(Br)c1OC1CC1. The third-order valence-corrected chi connectivity index (χ3v) is 3.04. The molecule has 0 amide bonds. The van der Waals surface area contributed by atoms with Crippen molar-refractivity contribution in [1.82, 2.24) is 0 Å². The number of halogens is 1. The van der Waals surface area contributed by atoms with E-state index in [2.05, 4.69) is 15.9 Å². The maximum atomic E-state index is 10.7. The molecule has 5 heteroatoms. The smallest absolute Gasteiger partial charge is 0.307 e. The van der Waals surface area contributed by atoms with Gasteiger partial charge in [0.2, 0.25) is 0 Å². The minimum atomic E-state index is -0.866. The van der Waals surface area contributed by atoms with Gasteiger partial charge in [0.25, 0.3) is 0 Å². The van der Waals surface area contributed by atoms with Crippen molar-refractivity contribution in [2.45, 2.75) is 25.4 Å². The van der Waals surface area contributed by atoms with E-state index in [0.717, 1.165) is 17.3 Å². The molecule has 1 aromatic rings. The van der Waals surface area contributed by atoms with Crippen LogP contribution in [0.4, 0.5) is 0 Å². The fourth-order valence-electron chi connectivity index (χ4n) is 1.52. The Labute approximate surface area is 108 Å². The molecule has 1 N–H and O–H groups in total. The molecule has 0 unspecified atom stereocenters. The van der Waals surface area contributed by atoms with Crippen LogP contribution in [-0.4, -0.2) is 24.3 Å². The molecule has 1 fully saturated rings. The van der Waals surface area contributed by atoms with Gasteiger partial charge in [0.05, 0.1) is 24.1 Å². The van der Waals surface area contributed by atoms with Gasteiger partial charge in [-0.1, -0.05) is 0 Å². The molecule has 0 aromatic heterocycles. The van der Waals surface area contributed by atoms with Crippen molar-refractivity contribution in [2.75, 3.05) is 7.11 Å². The highest BCUT2D eigenvalue weighted by molar-refractivity contribution is 9.10. The Morgan fingerprint density at radius 3 is 2.76 bits per heavy atom. The molecule has 17 heavy (non-hydrogen) atoms. The average molecular weight is 301 g/mol. The first-order chi connectivity index (χ1) is 8.10. The van der Waals surface area contributed by atoms with Crippen molar-refractivity contribution >= 4 is 21.9 Å². The van der Waals surface area contributed by atoms with E-state index in [9.17, 15) is 4.79 Å². The summed E-state index contributed by atoms with van der Waals surface area (Å²) in [6, 6.07) is 3.46. The first-order valence-electron chi connectivity index (χ1n) is 5.35. The standard InChI is InChI=1S/C12H13BrO4/c1-16-10-5-7(6-11(14)15)4-9(13)12(10)17-8-2-3-8/h4-5,8H,2-3,6H2,1H3,(H,14,15). The number of hydrogen-bond donors (Lipinski definition) is 1. The number of benzene rings is 1. The lowest BCUT2D eigenvalue weighted by molar-refractivity contribution is -0.136. The fraction of sp³-hybridized carbons (Fsp3) is 0.417. The van der Waals surface area contributed by atoms with Crippen LogP contribution in [-0.2, 0) is 11.2 Å². The minimum absolute atomic E-state index is 0.0291. The number of carboxylic acids is 1. The van der Waals surface area contributed by atoms with Gasteiger partial charge in [-0.3, -0.25) is 4.79 Å². The van der Waals surface area contributed by atoms with E-state index in [0.29, 0.717) is 17.1 Å². The zero-order valence-electron chi connectivity index (χ0n) is 9.40. The van der Waals surface area contributed by atoms with Crippen molar-refractivity contribution in [3.63, 3.8) is 0 Å². The second kappa shape index (κ2) is 4.96. The summed E-state index contributed by atoms with van der Waals surface area (Å²) in [6.07, 6.45) is 2.36. The number of methoxy groups -OCH3 is 1. The van der Waals surface area contributed by atoms with Crippen molar-refractivity contribution in [3.8, 4) is 11.5 Å². The molecule has 0 aliphatic heterocycles. The monoisotopic (exact) mass is 300 g/mol. The van der Waals surface area contributed by atoms with Crippen LogP contribution < -0.4 is 9.47 Å². The molecular weight excluding hydrogens is 288 g/mol. The predicted octanol–water partition coefficient (Wildman–Crippen LogP) is 2.63. The van der Waals surface area contributed by atoms with E-state index >= 15 is 0 Å². The molecule has 4 nitrogen and oxygen atoms in total. The van der Waals surface area contributed by atoms with Crippen molar-refractivity contribution < 1.29 is 19.4 Å². The number of hydrogen-bond acceptors (Lipinski definition) is 3. The summed E-state index contributed by atoms with van der Waals surface area (Å²) < 4.78 is 11.7. The van der Waals surface area contributed by atoms with Crippen molar-refractivity contribution in [1.29, 1.82) is 0 Å². The summed E-state index contributed by atoms with van der Waals surface area (Å²) in [4.78, 5) is 10.7. The number of rotatable bonds is 5. The van der Waals surface area contributed by atoms with Gasteiger partial charge in [-0.15, -0.1) is 0 Å². The van der Waals surface area contributed by atoms with Crippen molar-refractivity contribution in [3.05, 3.63) is 22.2 Å². The Morgan fingerprint density at radius 2 is 2.24 bits per heavy atom. The quantitative estimate of drug-likeness (QED) is 0.908. The summed E-state index contributed by atoms with van der Waals surface area (Å²) >= 11 is 3.39.